The molecule has 1 aliphatic heterocycles. The molecule has 0 saturated carbocycles. The molecular formula is C15H26N2O4. The molecule has 0 spiro atoms. The van der Waals surface area contributed by atoms with Gasteiger partial charge in [0.15, 0.2) is 0 Å². The summed E-state index contributed by atoms with van der Waals surface area (Å²) in [5, 5.41) is 2.67. The number of likely N-dealkylation sites (tertiary alicyclic amines) is 1. The topological polar surface area (TPSA) is 75.7 Å². The summed E-state index contributed by atoms with van der Waals surface area (Å²) in [7, 11) is 1.28. The molecule has 0 unspecified atom stereocenters. The van der Waals surface area contributed by atoms with E-state index in [2.05, 4.69) is 17.0 Å². The summed E-state index contributed by atoms with van der Waals surface area (Å²) in [5.41, 5.74) is -1.09. The molecule has 1 aliphatic rings. The average molecular weight is 298 g/mol. The molecule has 0 aromatic carbocycles. The SMILES string of the molecule is CCC[C@H](C)N1C[C@@H](C(=O)NC(C)(C)C(=O)OC)CC1=O. The van der Waals surface area contributed by atoms with Crippen LogP contribution in [-0.4, -0.2) is 47.9 Å². The van der Waals surface area contributed by atoms with Crippen molar-refractivity contribution < 1.29 is 19.1 Å². The predicted octanol–water partition coefficient (Wildman–Crippen LogP) is 1.09. The number of esters is 1. The second kappa shape index (κ2) is 6.91. The minimum Gasteiger partial charge on any atom is -0.467 e. The molecule has 1 saturated heterocycles. The van der Waals surface area contributed by atoms with Gasteiger partial charge in [-0.2, -0.15) is 0 Å². The number of nitrogens with one attached hydrogen (secondary N) is 1. The molecule has 1 N–H and O–H groups in total. The third kappa shape index (κ3) is 4.19. The second-order valence-electron chi connectivity index (χ2n) is 6.19. The van der Waals surface area contributed by atoms with E-state index in [9.17, 15) is 14.4 Å². The first-order chi connectivity index (χ1) is 9.72. The summed E-state index contributed by atoms with van der Waals surface area (Å²) in [6, 6.07) is 0.147. The molecule has 21 heavy (non-hydrogen) atoms. The van der Waals surface area contributed by atoms with Gasteiger partial charge >= 0.3 is 5.97 Å². The van der Waals surface area contributed by atoms with Gasteiger partial charge in [0.05, 0.1) is 13.0 Å². The molecule has 120 valence electrons. The van der Waals surface area contributed by atoms with Gasteiger partial charge in [0.2, 0.25) is 11.8 Å². The van der Waals surface area contributed by atoms with Crippen molar-refractivity contribution in [2.24, 2.45) is 5.92 Å². The molecule has 6 heteroatoms. The van der Waals surface area contributed by atoms with E-state index in [4.69, 9.17) is 0 Å². The lowest BCUT2D eigenvalue weighted by molar-refractivity contribution is -0.149. The molecule has 1 heterocycles. The molecule has 0 aromatic heterocycles. The number of carbonyl (C=O) groups is 3. The van der Waals surface area contributed by atoms with E-state index in [1.807, 2.05) is 6.92 Å². The fraction of sp³-hybridized carbons (Fsp3) is 0.800. The second-order valence-corrected chi connectivity index (χ2v) is 6.19. The molecule has 0 radical (unpaired) electrons. The largest absolute Gasteiger partial charge is 0.467 e. The molecule has 2 amide bonds. The van der Waals surface area contributed by atoms with Crippen LogP contribution in [0.15, 0.2) is 0 Å². The van der Waals surface area contributed by atoms with Crippen molar-refractivity contribution in [3.63, 3.8) is 0 Å². The van der Waals surface area contributed by atoms with Crippen molar-refractivity contribution in [2.75, 3.05) is 13.7 Å². The maximum Gasteiger partial charge on any atom is 0.330 e. The molecule has 1 fully saturated rings. The van der Waals surface area contributed by atoms with Crippen molar-refractivity contribution >= 4 is 17.8 Å². The maximum atomic E-state index is 12.3. The average Bonchev–Trinajstić information content (AvgIpc) is 2.79. The van der Waals surface area contributed by atoms with Crippen LogP contribution >= 0.6 is 0 Å². The molecule has 1 rings (SSSR count). The predicted molar refractivity (Wildman–Crippen MR) is 78.4 cm³/mol. The van der Waals surface area contributed by atoms with Gasteiger partial charge in [-0.1, -0.05) is 13.3 Å². The number of hydrogen-bond acceptors (Lipinski definition) is 4. The smallest absolute Gasteiger partial charge is 0.330 e. The zero-order valence-electron chi connectivity index (χ0n) is 13.6. The number of methoxy groups -OCH3 is 1. The van der Waals surface area contributed by atoms with Crippen molar-refractivity contribution in [1.29, 1.82) is 0 Å². The van der Waals surface area contributed by atoms with Crippen LogP contribution in [0.5, 0.6) is 0 Å². The highest BCUT2D eigenvalue weighted by Gasteiger charge is 2.39. The van der Waals surface area contributed by atoms with Gasteiger partial charge < -0.3 is 15.0 Å². The maximum absolute atomic E-state index is 12.3. The van der Waals surface area contributed by atoms with Gasteiger partial charge in [-0.3, -0.25) is 9.59 Å². The Hall–Kier alpha value is -1.59. The number of carbonyl (C=O) groups excluding carboxylic acids is 3. The fourth-order valence-electron chi connectivity index (χ4n) is 2.62. The molecule has 6 nitrogen and oxygen atoms in total. The summed E-state index contributed by atoms with van der Waals surface area (Å²) in [5.74, 6) is -1.17. The minimum absolute atomic E-state index is 0.00646. The molecular weight excluding hydrogens is 272 g/mol. The zero-order chi connectivity index (χ0) is 16.2. The van der Waals surface area contributed by atoms with Gasteiger partial charge in [0.1, 0.15) is 5.54 Å². The molecule has 0 bridgehead atoms. The standard InChI is InChI=1S/C15H26N2O4/c1-6-7-10(2)17-9-11(8-12(17)18)13(19)16-15(3,4)14(20)21-5/h10-11H,6-9H2,1-5H3,(H,16,19)/t10-,11-/m0/s1. The van der Waals surface area contributed by atoms with Crippen LogP contribution < -0.4 is 5.32 Å². The Labute approximate surface area is 126 Å². The Kier molecular flexibility index (Phi) is 5.75. The Morgan fingerprint density at radius 1 is 1.48 bits per heavy atom. The van der Waals surface area contributed by atoms with E-state index < -0.39 is 17.4 Å². The van der Waals surface area contributed by atoms with Crippen LogP contribution in [0.1, 0.15) is 47.0 Å². The van der Waals surface area contributed by atoms with Crippen LogP contribution in [0, 0.1) is 5.92 Å². The molecule has 0 aliphatic carbocycles. The minimum atomic E-state index is -1.09. The van der Waals surface area contributed by atoms with E-state index >= 15 is 0 Å². The van der Waals surface area contributed by atoms with Crippen molar-refractivity contribution in [2.45, 2.75) is 58.5 Å². The summed E-state index contributed by atoms with van der Waals surface area (Å²) in [6.45, 7) is 7.67. The van der Waals surface area contributed by atoms with Gasteiger partial charge in [-0.25, -0.2) is 4.79 Å². The highest BCUT2D eigenvalue weighted by molar-refractivity contribution is 5.92. The van der Waals surface area contributed by atoms with Gasteiger partial charge in [0.25, 0.3) is 0 Å². The lowest BCUT2D eigenvalue weighted by Crippen LogP contribution is -2.52. The lowest BCUT2D eigenvalue weighted by Gasteiger charge is -2.26. The van der Waals surface area contributed by atoms with Crippen LogP contribution in [0.4, 0.5) is 0 Å². The van der Waals surface area contributed by atoms with Crippen molar-refractivity contribution in [3.8, 4) is 0 Å². The Bertz CT molecular complexity index is 420. The normalized spacial score (nSPS) is 20.3. The van der Waals surface area contributed by atoms with Crippen molar-refractivity contribution in [1.82, 2.24) is 10.2 Å². The summed E-state index contributed by atoms with van der Waals surface area (Å²) >= 11 is 0. The Morgan fingerprint density at radius 2 is 2.10 bits per heavy atom. The first kappa shape index (κ1) is 17.5. The number of rotatable bonds is 6. The Morgan fingerprint density at radius 3 is 2.62 bits per heavy atom. The van der Waals surface area contributed by atoms with Gasteiger partial charge in [0, 0.05) is 19.0 Å². The number of hydrogen-bond donors (Lipinski definition) is 1. The van der Waals surface area contributed by atoms with E-state index in [1.165, 1.54) is 7.11 Å². The molecule has 0 aromatic rings. The van der Waals surface area contributed by atoms with Crippen LogP contribution in [0.2, 0.25) is 0 Å². The van der Waals surface area contributed by atoms with Gasteiger partial charge in [-0.15, -0.1) is 0 Å². The number of ether oxygens (including phenoxy) is 1. The summed E-state index contributed by atoms with van der Waals surface area (Å²) < 4.78 is 4.66. The first-order valence-electron chi connectivity index (χ1n) is 7.42. The molecule has 2 atom stereocenters. The van der Waals surface area contributed by atoms with Crippen molar-refractivity contribution in [3.05, 3.63) is 0 Å². The van der Waals surface area contributed by atoms with Crippen LogP contribution in [0.25, 0.3) is 0 Å². The van der Waals surface area contributed by atoms with Crippen LogP contribution in [-0.2, 0) is 19.1 Å². The summed E-state index contributed by atoms with van der Waals surface area (Å²) in [4.78, 5) is 37.6. The lowest BCUT2D eigenvalue weighted by atomic mass is 10.0. The van der Waals surface area contributed by atoms with E-state index in [0.717, 1.165) is 12.8 Å². The highest BCUT2D eigenvalue weighted by atomic mass is 16.5. The highest BCUT2D eigenvalue weighted by Crippen LogP contribution is 2.23. The fourth-order valence-corrected chi connectivity index (χ4v) is 2.62. The summed E-state index contributed by atoms with van der Waals surface area (Å²) in [6.07, 6.45) is 2.13. The quantitative estimate of drug-likeness (QED) is 0.745. The zero-order valence-corrected chi connectivity index (χ0v) is 13.6. The number of nitrogens with zero attached hydrogens (tertiary/aromatic N) is 1. The van der Waals surface area contributed by atoms with Gasteiger partial charge in [-0.05, 0) is 27.2 Å². The van der Waals surface area contributed by atoms with E-state index in [1.54, 1.807) is 18.7 Å². The van der Waals surface area contributed by atoms with E-state index in [-0.39, 0.29) is 24.3 Å². The Balaban J connectivity index is 2.65. The number of amides is 2. The monoisotopic (exact) mass is 298 g/mol. The first-order valence-corrected chi connectivity index (χ1v) is 7.42. The van der Waals surface area contributed by atoms with Crippen LogP contribution in [0.3, 0.4) is 0 Å². The third-order valence-electron chi connectivity index (χ3n) is 3.90. The van der Waals surface area contributed by atoms with E-state index in [0.29, 0.717) is 6.54 Å². The third-order valence-corrected chi connectivity index (χ3v) is 3.90.